The number of nitrogens with two attached hydrogens (primary N) is 1. The lowest BCUT2D eigenvalue weighted by atomic mass is 10.1. The van der Waals surface area contributed by atoms with E-state index < -0.39 is 0 Å². The minimum Gasteiger partial charge on any atom is -0.464 e. The van der Waals surface area contributed by atoms with E-state index in [1.54, 1.807) is 18.4 Å². The van der Waals surface area contributed by atoms with E-state index in [-0.39, 0.29) is 0 Å². The molecule has 0 radical (unpaired) electrons. The van der Waals surface area contributed by atoms with Crippen LogP contribution in [0, 0.1) is 0 Å². The van der Waals surface area contributed by atoms with Crippen molar-refractivity contribution in [3.8, 4) is 11.3 Å². The fraction of sp³-hybridized carbons (Fsp3) is 0. The molecule has 17 heavy (non-hydrogen) atoms. The van der Waals surface area contributed by atoms with Crippen LogP contribution in [0.5, 0.6) is 0 Å². The van der Waals surface area contributed by atoms with Crippen LogP contribution in [-0.2, 0) is 0 Å². The van der Waals surface area contributed by atoms with Gasteiger partial charge in [0.1, 0.15) is 28.3 Å². The maximum absolute atomic E-state index is 5.95. The number of aromatic nitrogens is 3. The number of halogens is 1. The van der Waals surface area contributed by atoms with Crippen LogP contribution in [0.15, 0.2) is 35.2 Å². The Morgan fingerprint density at radius 3 is 2.88 bits per heavy atom. The highest BCUT2D eigenvalue weighted by molar-refractivity contribution is 6.30. The van der Waals surface area contributed by atoms with Crippen molar-refractivity contribution in [3.63, 3.8) is 0 Å². The minimum absolute atomic E-state index is 0.297. The van der Waals surface area contributed by atoms with Gasteiger partial charge in [-0.15, -0.1) is 0 Å². The van der Waals surface area contributed by atoms with Crippen LogP contribution in [0.2, 0.25) is 5.15 Å². The van der Waals surface area contributed by atoms with Crippen LogP contribution >= 0.6 is 11.6 Å². The Morgan fingerprint density at radius 1 is 1.24 bits per heavy atom. The molecule has 0 fully saturated rings. The predicted octanol–water partition coefficient (Wildman–Crippen LogP) is 2.52. The van der Waals surface area contributed by atoms with Crippen molar-refractivity contribution in [2.45, 2.75) is 0 Å². The first-order chi connectivity index (χ1) is 8.25. The first-order valence-corrected chi connectivity index (χ1v) is 5.24. The molecule has 0 bridgehead atoms. The molecule has 5 nitrogen and oxygen atoms in total. The van der Waals surface area contributed by atoms with Crippen LogP contribution in [0.25, 0.3) is 22.4 Å². The van der Waals surface area contributed by atoms with Crippen molar-refractivity contribution in [2.24, 2.45) is 0 Å². The number of hydrogen-bond acceptors (Lipinski definition) is 5. The smallest absolute Gasteiger partial charge is 0.153 e. The van der Waals surface area contributed by atoms with Gasteiger partial charge in [-0.25, -0.2) is 15.0 Å². The number of fused-ring (bicyclic) bond motifs is 1. The topological polar surface area (TPSA) is 77.8 Å². The molecule has 0 aromatic carbocycles. The summed E-state index contributed by atoms with van der Waals surface area (Å²) >= 11 is 5.95. The minimum atomic E-state index is 0.297. The summed E-state index contributed by atoms with van der Waals surface area (Å²) in [5.41, 5.74) is 7.59. The summed E-state index contributed by atoms with van der Waals surface area (Å²) in [6.45, 7) is 0. The molecular formula is C11H7ClN4O. The molecule has 0 aliphatic rings. The summed E-state index contributed by atoms with van der Waals surface area (Å²) in [7, 11) is 0. The normalized spacial score (nSPS) is 10.9. The lowest BCUT2D eigenvalue weighted by Crippen LogP contribution is -1.97. The summed E-state index contributed by atoms with van der Waals surface area (Å²) in [5, 5.41) is 0.324. The first kappa shape index (κ1) is 10.0. The van der Waals surface area contributed by atoms with Gasteiger partial charge in [0.2, 0.25) is 0 Å². The van der Waals surface area contributed by atoms with Crippen molar-refractivity contribution < 1.29 is 4.42 Å². The van der Waals surface area contributed by atoms with Crippen LogP contribution in [-0.4, -0.2) is 15.0 Å². The predicted molar refractivity (Wildman–Crippen MR) is 64.5 cm³/mol. The summed E-state index contributed by atoms with van der Waals surface area (Å²) in [5.74, 6) is 0.961. The molecule has 2 N–H and O–H groups in total. The van der Waals surface area contributed by atoms with Crippen molar-refractivity contribution in [2.75, 3.05) is 5.73 Å². The van der Waals surface area contributed by atoms with Crippen LogP contribution in [0.1, 0.15) is 0 Å². The molecule has 0 saturated heterocycles. The molecule has 0 unspecified atom stereocenters. The SMILES string of the molecule is Nc1ncnc2c(-c3ccco3)cc(Cl)nc12. The second-order valence-corrected chi connectivity index (χ2v) is 3.81. The molecule has 0 saturated carbocycles. The van der Waals surface area contributed by atoms with Gasteiger partial charge in [-0.1, -0.05) is 11.6 Å². The van der Waals surface area contributed by atoms with E-state index >= 15 is 0 Å². The summed E-state index contributed by atoms with van der Waals surface area (Å²) < 4.78 is 5.33. The van der Waals surface area contributed by atoms with E-state index in [0.29, 0.717) is 27.8 Å². The number of rotatable bonds is 1. The van der Waals surface area contributed by atoms with Crippen LogP contribution < -0.4 is 5.73 Å². The second kappa shape index (κ2) is 3.71. The summed E-state index contributed by atoms with van der Waals surface area (Å²) in [6, 6.07) is 5.30. The van der Waals surface area contributed by atoms with Gasteiger partial charge in [0.15, 0.2) is 5.82 Å². The third kappa shape index (κ3) is 1.60. The van der Waals surface area contributed by atoms with Crippen LogP contribution in [0.4, 0.5) is 5.82 Å². The zero-order valence-corrected chi connectivity index (χ0v) is 9.35. The van der Waals surface area contributed by atoms with Gasteiger partial charge < -0.3 is 10.2 Å². The Labute approximate surface area is 101 Å². The van der Waals surface area contributed by atoms with Crippen molar-refractivity contribution in [1.29, 1.82) is 0 Å². The standard InChI is InChI=1S/C11H7ClN4O/c12-8-4-6(7-2-1-3-17-7)9-10(16-8)11(13)15-5-14-9/h1-5H,(H2,13,14,15). The van der Waals surface area contributed by atoms with Gasteiger partial charge in [-0.3, -0.25) is 0 Å². The summed E-state index contributed by atoms with van der Waals surface area (Å²) in [4.78, 5) is 12.2. The average molecular weight is 247 g/mol. The lowest BCUT2D eigenvalue weighted by Gasteiger charge is -2.04. The molecule has 3 aromatic rings. The fourth-order valence-electron chi connectivity index (χ4n) is 1.65. The van der Waals surface area contributed by atoms with Gasteiger partial charge in [-0.2, -0.15) is 0 Å². The largest absolute Gasteiger partial charge is 0.464 e. The third-order valence-electron chi connectivity index (χ3n) is 2.37. The monoisotopic (exact) mass is 246 g/mol. The van der Waals surface area contributed by atoms with Crippen LogP contribution in [0.3, 0.4) is 0 Å². The molecule has 84 valence electrons. The number of anilines is 1. The number of pyridine rings is 1. The van der Waals surface area contributed by atoms with E-state index in [0.717, 1.165) is 5.56 Å². The summed E-state index contributed by atoms with van der Waals surface area (Å²) in [6.07, 6.45) is 2.97. The van der Waals surface area contributed by atoms with E-state index in [1.807, 2.05) is 6.07 Å². The van der Waals surface area contributed by atoms with E-state index in [2.05, 4.69) is 15.0 Å². The average Bonchev–Trinajstić information content (AvgIpc) is 2.83. The lowest BCUT2D eigenvalue weighted by molar-refractivity contribution is 0.583. The molecule has 0 aliphatic heterocycles. The molecule has 0 aliphatic carbocycles. The zero-order valence-electron chi connectivity index (χ0n) is 8.59. The van der Waals surface area contributed by atoms with Crippen molar-refractivity contribution in [3.05, 3.63) is 35.9 Å². The Bertz CT molecular complexity index is 681. The molecule has 0 atom stereocenters. The highest BCUT2D eigenvalue weighted by atomic mass is 35.5. The number of hydrogen-bond donors (Lipinski definition) is 1. The third-order valence-corrected chi connectivity index (χ3v) is 2.57. The van der Waals surface area contributed by atoms with E-state index in [4.69, 9.17) is 21.8 Å². The Hall–Kier alpha value is -2.14. The molecule has 3 aromatic heterocycles. The Balaban J connectivity index is 2.42. The molecular weight excluding hydrogens is 240 g/mol. The van der Waals surface area contributed by atoms with Gasteiger partial charge >= 0.3 is 0 Å². The molecule has 3 rings (SSSR count). The van der Waals surface area contributed by atoms with E-state index in [9.17, 15) is 0 Å². The zero-order chi connectivity index (χ0) is 11.8. The Kier molecular flexibility index (Phi) is 2.19. The van der Waals surface area contributed by atoms with Crippen molar-refractivity contribution >= 4 is 28.5 Å². The highest BCUT2D eigenvalue weighted by Gasteiger charge is 2.12. The van der Waals surface area contributed by atoms with Gasteiger partial charge in [0.05, 0.1) is 6.26 Å². The highest BCUT2D eigenvalue weighted by Crippen LogP contribution is 2.30. The molecule has 0 amide bonds. The Morgan fingerprint density at radius 2 is 2.12 bits per heavy atom. The first-order valence-electron chi connectivity index (χ1n) is 4.86. The van der Waals surface area contributed by atoms with Gasteiger partial charge in [0, 0.05) is 5.56 Å². The van der Waals surface area contributed by atoms with E-state index in [1.165, 1.54) is 6.33 Å². The number of nitrogen functional groups attached to an aromatic ring is 1. The number of furan rings is 1. The van der Waals surface area contributed by atoms with Crippen molar-refractivity contribution in [1.82, 2.24) is 15.0 Å². The number of nitrogens with zero attached hydrogens (tertiary/aromatic N) is 3. The van der Waals surface area contributed by atoms with Gasteiger partial charge in [0.25, 0.3) is 0 Å². The molecule has 3 heterocycles. The maximum Gasteiger partial charge on any atom is 0.153 e. The van der Waals surface area contributed by atoms with Gasteiger partial charge in [-0.05, 0) is 18.2 Å². The quantitative estimate of drug-likeness (QED) is 0.668. The fourth-order valence-corrected chi connectivity index (χ4v) is 1.84. The molecule has 0 spiro atoms. The second-order valence-electron chi connectivity index (χ2n) is 3.43. The molecule has 6 heteroatoms. The maximum atomic E-state index is 5.95.